The van der Waals surface area contributed by atoms with Gasteiger partial charge in [-0.05, 0) is 24.3 Å². The van der Waals surface area contributed by atoms with Gasteiger partial charge in [0.1, 0.15) is 18.9 Å². The van der Waals surface area contributed by atoms with E-state index in [0.29, 0.717) is 17.9 Å². The van der Waals surface area contributed by atoms with Crippen LogP contribution < -0.4 is 10.1 Å². The summed E-state index contributed by atoms with van der Waals surface area (Å²) in [7, 11) is 7.66. The molecule has 122 valence electrons. The molecular formula is C16H25N2O4+. The van der Waals surface area contributed by atoms with Crippen LogP contribution in [0.4, 0.5) is 0 Å². The molecule has 1 rings (SSSR count). The van der Waals surface area contributed by atoms with Crippen molar-refractivity contribution in [3.8, 4) is 5.75 Å². The molecule has 6 heteroatoms. The zero-order chi connectivity index (χ0) is 16.6. The van der Waals surface area contributed by atoms with Crippen molar-refractivity contribution in [3.05, 3.63) is 29.8 Å². The van der Waals surface area contributed by atoms with E-state index in [9.17, 15) is 9.59 Å². The molecule has 1 amide bonds. The van der Waals surface area contributed by atoms with E-state index in [4.69, 9.17) is 9.47 Å². The Hall–Kier alpha value is -2.08. The molecule has 0 aromatic heterocycles. The molecule has 0 spiro atoms. The number of rotatable bonds is 8. The Labute approximate surface area is 131 Å². The number of hydrogen-bond donors (Lipinski definition) is 1. The smallest absolute Gasteiger partial charge is 0.307 e. The number of ether oxygens (including phenoxy) is 2. The molecule has 0 aliphatic rings. The molecule has 0 saturated heterocycles. The zero-order valence-corrected chi connectivity index (χ0v) is 13.7. The van der Waals surface area contributed by atoms with Gasteiger partial charge < -0.3 is 19.3 Å². The first kappa shape index (κ1) is 18.0. The Morgan fingerprint density at radius 1 is 1.14 bits per heavy atom. The number of nitrogens with one attached hydrogen (secondary N) is 1. The average Bonchev–Trinajstić information content (AvgIpc) is 2.46. The SMILES string of the molecule is COc1ccc(C(=O)NCCC(=O)OCC[N+](C)(C)C)cc1. The summed E-state index contributed by atoms with van der Waals surface area (Å²) in [6.45, 7) is 1.40. The van der Waals surface area contributed by atoms with Crippen molar-refractivity contribution in [2.24, 2.45) is 0 Å². The molecule has 1 aromatic carbocycles. The van der Waals surface area contributed by atoms with E-state index in [1.54, 1.807) is 31.4 Å². The van der Waals surface area contributed by atoms with Gasteiger partial charge in [0, 0.05) is 12.1 Å². The molecule has 1 N–H and O–H groups in total. The van der Waals surface area contributed by atoms with Gasteiger partial charge in [-0.2, -0.15) is 0 Å². The summed E-state index contributed by atoms with van der Waals surface area (Å²) in [4.78, 5) is 23.4. The highest BCUT2D eigenvalue weighted by atomic mass is 16.5. The molecule has 0 radical (unpaired) electrons. The van der Waals surface area contributed by atoms with Crippen LogP contribution in [0.3, 0.4) is 0 Å². The van der Waals surface area contributed by atoms with Crippen LogP contribution in [0.2, 0.25) is 0 Å². The average molecular weight is 309 g/mol. The number of esters is 1. The molecule has 0 bridgehead atoms. The summed E-state index contributed by atoms with van der Waals surface area (Å²) < 4.78 is 10.9. The van der Waals surface area contributed by atoms with Crippen molar-refractivity contribution in [2.75, 3.05) is 47.9 Å². The zero-order valence-electron chi connectivity index (χ0n) is 13.7. The second-order valence-electron chi connectivity index (χ2n) is 5.97. The number of amides is 1. The molecule has 0 fully saturated rings. The number of carbonyl (C=O) groups is 2. The molecule has 6 nitrogen and oxygen atoms in total. The fraction of sp³-hybridized carbons (Fsp3) is 0.500. The maximum Gasteiger partial charge on any atom is 0.307 e. The topological polar surface area (TPSA) is 64.6 Å². The molecule has 0 heterocycles. The molecular weight excluding hydrogens is 284 g/mol. The standard InChI is InChI=1S/C16H24N2O4/c1-18(2,3)11-12-22-15(19)9-10-17-16(20)13-5-7-14(21-4)8-6-13/h5-8H,9-12H2,1-4H3/p+1. The minimum atomic E-state index is -0.302. The van der Waals surface area contributed by atoms with Gasteiger partial charge in [-0.3, -0.25) is 9.59 Å². The lowest BCUT2D eigenvalue weighted by Gasteiger charge is -2.23. The first-order valence-electron chi connectivity index (χ1n) is 7.20. The van der Waals surface area contributed by atoms with Crippen molar-refractivity contribution in [3.63, 3.8) is 0 Å². The monoisotopic (exact) mass is 309 g/mol. The molecule has 0 aliphatic carbocycles. The fourth-order valence-electron chi connectivity index (χ4n) is 1.63. The third-order valence-electron chi connectivity index (χ3n) is 2.99. The lowest BCUT2D eigenvalue weighted by molar-refractivity contribution is -0.870. The Bertz CT molecular complexity index is 492. The molecule has 0 aliphatic heterocycles. The maximum absolute atomic E-state index is 11.9. The highest BCUT2D eigenvalue weighted by Gasteiger charge is 2.10. The lowest BCUT2D eigenvalue weighted by atomic mass is 10.2. The third kappa shape index (κ3) is 7.08. The number of benzene rings is 1. The highest BCUT2D eigenvalue weighted by molar-refractivity contribution is 5.94. The largest absolute Gasteiger partial charge is 0.497 e. The van der Waals surface area contributed by atoms with Crippen LogP contribution in [0.1, 0.15) is 16.8 Å². The van der Waals surface area contributed by atoms with Crippen LogP contribution in [-0.4, -0.2) is 64.3 Å². The van der Waals surface area contributed by atoms with Crippen LogP contribution in [0.25, 0.3) is 0 Å². The second-order valence-corrected chi connectivity index (χ2v) is 5.97. The van der Waals surface area contributed by atoms with Crippen LogP contribution in [-0.2, 0) is 9.53 Å². The van der Waals surface area contributed by atoms with Crippen LogP contribution >= 0.6 is 0 Å². The van der Waals surface area contributed by atoms with E-state index in [1.165, 1.54) is 0 Å². The van der Waals surface area contributed by atoms with E-state index < -0.39 is 0 Å². The maximum atomic E-state index is 11.9. The first-order chi connectivity index (χ1) is 10.3. The van der Waals surface area contributed by atoms with Gasteiger partial charge in [-0.25, -0.2) is 0 Å². The van der Waals surface area contributed by atoms with Crippen molar-refractivity contribution in [1.82, 2.24) is 5.32 Å². The number of hydrogen-bond acceptors (Lipinski definition) is 4. The van der Waals surface area contributed by atoms with E-state index in [-0.39, 0.29) is 24.8 Å². The van der Waals surface area contributed by atoms with Crippen LogP contribution in [0.15, 0.2) is 24.3 Å². The number of quaternary nitrogens is 1. The van der Waals surface area contributed by atoms with Gasteiger partial charge in [0.25, 0.3) is 5.91 Å². The van der Waals surface area contributed by atoms with Gasteiger partial charge >= 0.3 is 5.97 Å². The Morgan fingerprint density at radius 3 is 2.32 bits per heavy atom. The second kappa shape index (κ2) is 8.38. The first-order valence-corrected chi connectivity index (χ1v) is 7.20. The normalized spacial score (nSPS) is 10.9. The van der Waals surface area contributed by atoms with Crippen molar-refractivity contribution >= 4 is 11.9 Å². The number of nitrogens with zero attached hydrogens (tertiary/aromatic N) is 1. The number of carbonyl (C=O) groups excluding carboxylic acids is 2. The van der Waals surface area contributed by atoms with E-state index in [2.05, 4.69) is 5.32 Å². The quantitative estimate of drug-likeness (QED) is 0.576. The summed E-state index contributed by atoms with van der Waals surface area (Å²) >= 11 is 0. The molecule has 0 atom stereocenters. The van der Waals surface area contributed by atoms with Crippen LogP contribution in [0.5, 0.6) is 5.75 Å². The summed E-state index contributed by atoms with van der Waals surface area (Å²) in [5, 5.41) is 2.69. The Kier molecular flexibility index (Phi) is 6.85. The predicted octanol–water partition coefficient (Wildman–Crippen LogP) is 1.06. The van der Waals surface area contributed by atoms with Gasteiger partial charge in [0.05, 0.1) is 34.7 Å². The Balaban J connectivity index is 2.25. The van der Waals surface area contributed by atoms with Crippen molar-refractivity contribution < 1.29 is 23.5 Å². The number of likely N-dealkylation sites (N-methyl/N-ethyl adjacent to an activating group) is 1. The molecule has 22 heavy (non-hydrogen) atoms. The third-order valence-corrected chi connectivity index (χ3v) is 2.99. The molecule has 0 unspecified atom stereocenters. The van der Waals surface area contributed by atoms with Crippen molar-refractivity contribution in [1.29, 1.82) is 0 Å². The van der Waals surface area contributed by atoms with Gasteiger partial charge in [0.15, 0.2) is 0 Å². The summed E-state index contributed by atoms with van der Waals surface area (Å²) in [5.41, 5.74) is 0.527. The van der Waals surface area contributed by atoms with Crippen LogP contribution in [0, 0.1) is 0 Å². The van der Waals surface area contributed by atoms with Gasteiger partial charge in [-0.15, -0.1) is 0 Å². The van der Waals surface area contributed by atoms with E-state index in [0.717, 1.165) is 11.0 Å². The van der Waals surface area contributed by atoms with Crippen molar-refractivity contribution in [2.45, 2.75) is 6.42 Å². The van der Waals surface area contributed by atoms with Gasteiger partial charge in [0.2, 0.25) is 0 Å². The summed E-state index contributed by atoms with van der Waals surface area (Å²) in [6.07, 6.45) is 0.166. The van der Waals surface area contributed by atoms with Gasteiger partial charge in [-0.1, -0.05) is 0 Å². The predicted molar refractivity (Wildman–Crippen MR) is 83.8 cm³/mol. The number of methoxy groups -OCH3 is 1. The fourth-order valence-corrected chi connectivity index (χ4v) is 1.63. The lowest BCUT2D eigenvalue weighted by Crippen LogP contribution is -2.38. The summed E-state index contributed by atoms with van der Waals surface area (Å²) in [6, 6.07) is 6.78. The molecule has 0 saturated carbocycles. The highest BCUT2D eigenvalue weighted by Crippen LogP contribution is 2.10. The van der Waals surface area contributed by atoms with E-state index in [1.807, 2.05) is 21.1 Å². The molecule has 1 aromatic rings. The van der Waals surface area contributed by atoms with E-state index >= 15 is 0 Å². The minimum absolute atomic E-state index is 0.166. The minimum Gasteiger partial charge on any atom is -0.497 e. The summed E-state index contributed by atoms with van der Waals surface area (Å²) in [5.74, 6) is 0.169. The Morgan fingerprint density at radius 2 is 1.77 bits per heavy atom.